The Morgan fingerprint density at radius 3 is 2.33 bits per heavy atom. The Balaban J connectivity index is 1.58. The first-order chi connectivity index (χ1) is 13.0. The zero-order valence-electron chi connectivity index (χ0n) is 15.3. The Bertz CT molecular complexity index is 859. The van der Waals surface area contributed by atoms with E-state index in [2.05, 4.69) is 12.4 Å². The molecule has 0 spiro atoms. The van der Waals surface area contributed by atoms with Gasteiger partial charge in [-0.1, -0.05) is 37.3 Å². The van der Waals surface area contributed by atoms with Crippen LogP contribution in [0, 0.1) is 5.92 Å². The smallest absolute Gasteiger partial charge is 0.269 e. The van der Waals surface area contributed by atoms with Gasteiger partial charge in [-0.05, 0) is 48.6 Å². The van der Waals surface area contributed by atoms with E-state index in [0.717, 1.165) is 18.4 Å². The molecule has 144 valence electrons. The number of rotatable bonds is 6. The molecular weight excluding hydrogens is 364 g/mol. The molecule has 2 aromatic rings. The fourth-order valence-corrected chi connectivity index (χ4v) is 4.44. The van der Waals surface area contributed by atoms with Crippen LogP contribution in [0.25, 0.3) is 0 Å². The topological polar surface area (TPSA) is 75.7 Å². The van der Waals surface area contributed by atoms with E-state index < -0.39 is 15.9 Å². The van der Waals surface area contributed by atoms with Gasteiger partial charge in [-0.15, -0.1) is 0 Å². The average molecular weight is 388 g/mol. The lowest BCUT2D eigenvalue weighted by Crippen LogP contribution is -2.37. The Labute approximate surface area is 160 Å². The van der Waals surface area contributed by atoms with Gasteiger partial charge in [0.25, 0.3) is 5.91 Å². The molecular formula is C20H24N2O4S. The number of carbonyl (C=O) groups is 1. The Hall–Kier alpha value is -2.22. The predicted octanol–water partition coefficient (Wildman–Crippen LogP) is 2.97. The molecule has 1 heterocycles. The van der Waals surface area contributed by atoms with Gasteiger partial charge in [0, 0.05) is 18.7 Å². The average Bonchev–Trinajstić information content (AvgIpc) is 2.69. The summed E-state index contributed by atoms with van der Waals surface area (Å²) in [7, 11) is -3.51. The number of carbonyl (C=O) groups excluding carboxylic acids is 1. The first kappa shape index (κ1) is 19.5. The third-order valence-electron chi connectivity index (χ3n) is 4.74. The van der Waals surface area contributed by atoms with Crippen LogP contribution in [0.3, 0.4) is 0 Å². The summed E-state index contributed by atoms with van der Waals surface area (Å²) in [5, 5.41) is 0. The molecule has 6 nitrogen and oxygen atoms in total. The monoisotopic (exact) mass is 388 g/mol. The summed E-state index contributed by atoms with van der Waals surface area (Å²) in [5.41, 5.74) is 3.66. The number of amides is 1. The molecule has 1 fully saturated rings. The Morgan fingerprint density at radius 2 is 1.70 bits per heavy atom. The number of piperidine rings is 1. The van der Waals surface area contributed by atoms with Crippen LogP contribution < -0.4 is 5.48 Å². The lowest BCUT2D eigenvalue weighted by Gasteiger charge is -2.29. The minimum atomic E-state index is -3.51. The van der Waals surface area contributed by atoms with Crippen LogP contribution in [0.15, 0.2) is 59.5 Å². The maximum Gasteiger partial charge on any atom is 0.274 e. The number of nitrogens with zero attached hydrogens (tertiary/aromatic N) is 1. The van der Waals surface area contributed by atoms with Crippen LogP contribution in [-0.4, -0.2) is 31.7 Å². The maximum absolute atomic E-state index is 12.7. The van der Waals surface area contributed by atoms with Crippen molar-refractivity contribution in [3.63, 3.8) is 0 Å². The van der Waals surface area contributed by atoms with E-state index >= 15 is 0 Å². The van der Waals surface area contributed by atoms with Crippen LogP contribution in [0.4, 0.5) is 0 Å². The van der Waals surface area contributed by atoms with Crippen molar-refractivity contribution in [1.82, 2.24) is 9.79 Å². The van der Waals surface area contributed by atoms with Gasteiger partial charge in [0.05, 0.1) is 11.5 Å². The van der Waals surface area contributed by atoms with E-state index in [4.69, 9.17) is 4.84 Å². The number of hydrogen-bond acceptors (Lipinski definition) is 4. The molecule has 0 aromatic heterocycles. The summed E-state index contributed by atoms with van der Waals surface area (Å²) in [4.78, 5) is 17.6. The number of nitrogens with one attached hydrogen (secondary N) is 1. The van der Waals surface area contributed by atoms with Crippen LogP contribution in [-0.2, 0) is 21.5 Å². The molecule has 3 rings (SSSR count). The lowest BCUT2D eigenvalue weighted by molar-refractivity contribution is 0.0233. The standard InChI is InChI=1S/C20H24N2O4S/c1-16-11-13-22(14-12-16)27(24,25)19-9-7-18(8-10-19)20(23)21-26-15-17-5-3-2-4-6-17/h2-10,16H,11-15H2,1H3,(H,21,23). The first-order valence-electron chi connectivity index (χ1n) is 9.03. The molecule has 1 N–H and O–H groups in total. The van der Waals surface area contributed by atoms with Crippen LogP contribution in [0.2, 0.25) is 0 Å². The van der Waals surface area contributed by atoms with Gasteiger partial charge in [-0.2, -0.15) is 4.31 Å². The van der Waals surface area contributed by atoms with Gasteiger partial charge in [0.1, 0.15) is 0 Å². The summed E-state index contributed by atoms with van der Waals surface area (Å²) in [5.74, 6) is 0.139. The molecule has 0 bridgehead atoms. The molecule has 1 aliphatic heterocycles. The van der Waals surface area contributed by atoms with Gasteiger partial charge in [-0.3, -0.25) is 9.63 Å². The largest absolute Gasteiger partial charge is 0.274 e. The minimum absolute atomic E-state index is 0.207. The van der Waals surface area contributed by atoms with Gasteiger partial charge in [0.15, 0.2) is 0 Å². The van der Waals surface area contributed by atoms with E-state index in [1.807, 2.05) is 30.3 Å². The van der Waals surface area contributed by atoms with Crippen LogP contribution >= 0.6 is 0 Å². The van der Waals surface area contributed by atoms with Gasteiger partial charge >= 0.3 is 0 Å². The third kappa shape index (κ3) is 4.94. The second-order valence-electron chi connectivity index (χ2n) is 6.82. The molecule has 7 heteroatoms. The zero-order valence-corrected chi connectivity index (χ0v) is 16.1. The Kier molecular flexibility index (Phi) is 6.26. The number of hydroxylamine groups is 1. The highest BCUT2D eigenvalue weighted by Crippen LogP contribution is 2.23. The van der Waals surface area contributed by atoms with Gasteiger partial charge in [0.2, 0.25) is 10.0 Å². The zero-order chi connectivity index (χ0) is 19.3. The highest BCUT2D eigenvalue weighted by atomic mass is 32.2. The highest BCUT2D eigenvalue weighted by Gasteiger charge is 2.28. The van der Waals surface area contributed by atoms with Crippen LogP contribution in [0.5, 0.6) is 0 Å². The maximum atomic E-state index is 12.7. The third-order valence-corrected chi connectivity index (χ3v) is 6.66. The van der Waals surface area contributed by atoms with E-state index in [-0.39, 0.29) is 11.5 Å². The molecule has 1 aliphatic rings. The molecule has 0 atom stereocenters. The van der Waals surface area contributed by atoms with Crippen molar-refractivity contribution in [3.8, 4) is 0 Å². The summed E-state index contributed by atoms with van der Waals surface area (Å²) in [6, 6.07) is 15.4. The molecule has 2 aromatic carbocycles. The second kappa shape index (κ2) is 8.65. The van der Waals surface area contributed by atoms with E-state index in [1.54, 1.807) is 0 Å². The molecule has 27 heavy (non-hydrogen) atoms. The number of sulfonamides is 1. The predicted molar refractivity (Wildman–Crippen MR) is 102 cm³/mol. The minimum Gasteiger partial charge on any atom is -0.269 e. The lowest BCUT2D eigenvalue weighted by atomic mass is 10.0. The quantitative estimate of drug-likeness (QED) is 0.772. The molecule has 0 unspecified atom stereocenters. The summed E-state index contributed by atoms with van der Waals surface area (Å²) < 4.78 is 26.9. The highest BCUT2D eigenvalue weighted by molar-refractivity contribution is 7.89. The Morgan fingerprint density at radius 1 is 1.07 bits per heavy atom. The summed E-state index contributed by atoms with van der Waals surface area (Å²) in [6.45, 7) is 3.47. The molecule has 1 amide bonds. The first-order valence-corrected chi connectivity index (χ1v) is 10.5. The van der Waals surface area contributed by atoms with E-state index in [0.29, 0.717) is 24.6 Å². The second-order valence-corrected chi connectivity index (χ2v) is 8.75. The number of benzene rings is 2. The fourth-order valence-electron chi connectivity index (χ4n) is 2.97. The van der Waals surface area contributed by atoms with Crippen LogP contribution in [0.1, 0.15) is 35.7 Å². The van der Waals surface area contributed by atoms with Crippen molar-refractivity contribution < 1.29 is 18.0 Å². The fraction of sp³-hybridized carbons (Fsp3) is 0.350. The van der Waals surface area contributed by atoms with Crippen molar-refractivity contribution in [1.29, 1.82) is 0 Å². The van der Waals surface area contributed by atoms with Crippen molar-refractivity contribution in [2.24, 2.45) is 5.92 Å². The molecule has 0 radical (unpaired) electrons. The number of hydrogen-bond donors (Lipinski definition) is 1. The molecule has 0 saturated carbocycles. The summed E-state index contributed by atoms with van der Waals surface area (Å²) >= 11 is 0. The van der Waals surface area contributed by atoms with Crippen molar-refractivity contribution in [2.75, 3.05) is 13.1 Å². The van der Waals surface area contributed by atoms with Gasteiger partial charge in [-0.25, -0.2) is 13.9 Å². The van der Waals surface area contributed by atoms with Crippen molar-refractivity contribution in [3.05, 3.63) is 65.7 Å². The molecule has 1 saturated heterocycles. The van der Waals surface area contributed by atoms with E-state index in [9.17, 15) is 13.2 Å². The van der Waals surface area contributed by atoms with Gasteiger partial charge < -0.3 is 0 Å². The molecule has 0 aliphatic carbocycles. The van der Waals surface area contributed by atoms with Crippen molar-refractivity contribution >= 4 is 15.9 Å². The van der Waals surface area contributed by atoms with Crippen molar-refractivity contribution in [2.45, 2.75) is 31.3 Å². The normalized spacial score (nSPS) is 16.2. The summed E-state index contributed by atoms with van der Waals surface area (Å²) in [6.07, 6.45) is 1.75. The SMILES string of the molecule is CC1CCN(S(=O)(=O)c2ccc(C(=O)NOCc3ccccc3)cc2)CC1. The van der Waals surface area contributed by atoms with E-state index in [1.165, 1.54) is 28.6 Å².